The molecule has 0 aliphatic carbocycles. The van der Waals surface area contributed by atoms with Gasteiger partial charge in [-0.3, -0.25) is 9.69 Å². The second-order valence-corrected chi connectivity index (χ2v) is 7.57. The fraction of sp³-hybridized carbons (Fsp3) is 0.130. The van der Waals surface area contributed by atoms with E-state index in [1.165, 1.54) is 16.2 Å². The largest absolute Gasteiger partial charge is 0.494 e. The molecule has 3 aromatic carbocycles. The summed E-state index contributed by atoms with van der Waals surface area (Å²) in [6, 6.07) is 17.8. The molecule has 0 unspecified atom stereocenters. The quantitative estimate of drug-likeness (QED) is 0.392. The zero-order chi connectivity index (χ0) is 21.1. The number of anilines is 1. The van der Waals surface area contributed by atoms with E-state index in [4.69, 9.17) is 4.74 Å². The van der Waals surface area contributed by atoms with Gasteiger partial charge in [0.2, 0.25) is 0 Å². The van der Waals surface area contributed by atoms with Crippen LogP contribution < -0.4 is 9.64 Å². The third-order valence-electron chi connectivity index (χ3n) is 4.48. The minimum absolute atomic E-state index is 0.203. The summed E-state index contributed by atoms with van der Waals surface area (Å²) in [5.41, 5.74) is 1.37. The summed E-state index contributed by atoms with van der Waals surface area (Å²) in [4.78, 5) is 19.2. The molecule has 0 saturated heterocycles. The average molecular weight is 424 g/mol. The van der Waals surface area contributed by atoms with Crippen molar-refractivity contribution in [2.45, 2.75) is 13.5 Å². The van der Waals surface area contributed by atoms with Gasteiger partial charge >= 0.3 is 0 Å². The van der Waals surface area contributed by atoms with Crippen LogP contribution in [-0.2, 0) is 6.54 Å². The van der Waals surface area contributed by atoms with E-state index < -0.39 is 17.5 Å². The maximum absolute atomic E-state index is 14.3. The number of thiazole rings is 1. The van der Waals surface area contributed by atoms with E-state index in [2.05, 4.69) is 4.98 Å². The van der Waals surface area contributed by atoms with Crippen molar-refractivity contribution in [1.29, 1.82) is 0 Å². The first-order chi connectivity index (χ1) is 14.5. The maximum Gasteiger partial charge on any atom is 0.263 e. The Balaban J connectivity index is 1.76. The van der Waals surface area contributed by atoms with Crippen molar-refractivity contribution in [3.8, 4) is 5.75 Å². The topological polar surface area (TPSA) is 42.4 Å². The third kappa shape index (κ3) is 4.16. The monoisotopic (exact) mass is 424 g/mol. The maximum atomic E-state index is 14.3. The van der Waals surface area contributed by atoms with Crippen LogP contribution in [0.5, 0.6) is 5.75 Å². The number of hydrogen-bond donors (Lipinski definition) is 0. The lowest BCUT2D eigenvalue weighted by Gasteiger charge is -2.20. The molecule has 4 rings (SSSR count). The summed E-state index contributed by atoms with van der Waals surface area (Å²) < 4.78 is 34.1. The number of aromatic nitrogens is 1. The lowest BCUT2D eigenvalue weighted by Crippen LogP contribution is -2.31. The van der Waals surface area contributed by atoms with Gasteiger partial charge in [0.05, 0.1) is 28.9 Å². The first kappa shape index (κ1) is 20.0. The predicted octanol–water partition coefficient (Wildman–Crippen LogP) is 5.82. The van der Waals surface area contributed by atoms with Crippen LogP contribution in [0.1, 0.15) is 22.8 Å². The van der Waals surface area contributed by atoms with Gasteiger partial charge in [-0.05, 0) is 42.8 Å². The predicted molar refractivity (Wildman–Crippen MR) is 114 cm³/mol. The first-order valence-electron chi connectivity index (χ1n) is 9.39. The number of amides is 1. The molecule has 4 nitrogen and oxygen atoms in total. The Labute approximate surface area is 176 Å². The lowest BCUT2D eigenvalue weighted by molar-refractivity contribution is 0.0981. The molecule has 1 amide bonds. The molecule has 0 saturated carbocycles. The number of nitrogens with zero attached hydrogens (tertiary/aromatic N) is 2. The van der Waals surface area contributed by atoms with Gasteiger partial charge in [0.1, 0.15) is 17.4 Å². The van der Waals surface area contributed by atoms with Crippen molar-refractivity contribution in [3.63, 3.8) is 0 Å². The van der Waals surface area contributed by atoms with Crippen LogP contribution in [0.3, 0.4) is 0 Å². The van der Waals surface area contributed by atoms with Gasteiger partial charge in [0.15, 0.2) is 5.13 Å². The molecule has 152 valence electrons. The van der Waals surface area contributed by atoms with Gasteiger partial charge in [0.25, 0.3) is 5.91 Å². The summed E-state index contributed by atoms with van der Waals surface area (Å²) >= 11 is 1.31. The molecule has 0 radical (unpaired) electrons. The van der Waals surface area contributed by atoms with Crippen molar-refractivity contribution >= 4 is 32.6 Å². The van der Waals surface area contributed by atoms with Crippen LogP contribution >= 0.6 is 11.3 Å². The molecule has 1 heterocycles. The highest BCUT2D eigenvalue weighted by molar-refractivity contribution is 7.22. The van der Waals surface area contributed by atoms with E-state index in [0.717, 1.165) is 22.4 Å². The Morgan fingerprint density at radius 3 is 2.60 bits per heavy atom. The number of carbonyl (C=O) groups is 1. The number of ether oxygens (including phenoxy) is 1. The van der Waals surface area contributed by atoms with Crippen LogP contribution in [0.4, 0.5) is 13.9 Å². The van der Waals surface area contributed by atoms with Crippen molar-refractivity contribution < 1.29 is 18.3 Å². The molecular weight excluding hydrogens is 406 g/mol. The van der Waals surface area contributed by atoms with Gasteiger partial charge in [-0.2, -0.15) is 0 Å². The minimum atomic E-state index is -0.905. The Bertz CT molecular complexity index is 1190. The number of hydrogen-bond acceptors (Lipinski definition) is 4. The Morgan fingerprint density at radius 1 is 1.07 bits per heavy atom. The van der Waals surface area contributed by atoms with Crippen molar-refractivity contribution in [2.75, 3.05) is 11.5 Å². The molecule has 0 aliphatic heterocycles. The fourth-order valence-corrected chi connectivity index (χ4v) is 4.06. The van der Waals surface area contributed by atoms with Gasteiger partial charge in [-0.15, -0.1) is 0 Å². The number of rotatable bonds is 6. The number of halogens is 2. The second kappa shape index (κ2) is 8.59. The molecule has 0 atom stereocenters. The van der Waals surface area contributed by atoms with Crippen LogP contribution in [0.15, 0.2) is 66.7 Å². The third-order valence-corrected chi connectivity index (χ3v) is 5.52. The second-order valence-electron chi connectivity index (χ2n) is 6.56. The van der Waals surface area contributed by atoms with Crippen LogP contribution in [0.2, 0.25) is 0 Å². The van der Waals surface area contributed by atoms with Gasteiger partial charge in [-0.25, -0.2) is 13.8 Å². The summed E-state index contributed by atoms with van der Waals surface area (Å²) in [5, 5.41) is 0.427. The van der Waals surface area contributed by atoms with E-state index in [0.29, 0.717) is 29.1 Å². The Kier molecular flexibility index (Phi) is 5.72. The molecule has 4 aromatic rings. The molecule has 0 spiro atoms. The molecule has 30 heavy (non-hydrogen) atoms. The summed E-state index contributed by atoms with van der Waals surface area (Å²) in [6.45, 7) is 2.65. The van der Waals surface area contributed by atoms with E-state index in [-0.39, 0.29) is 12.1 Å². The van der Waals surface area contributed by atoms with Gasteiger partial charge in [-0.1, -0.05) is 41.7 Å². The summed E-state index contributed by atoms with van der Waals surface area (Å²) in [6.07, 6.45) is 0. The normalized spacial score (nSPS) is 10.9. The highest BCUT2D eigenvalue weighted by Gasteiger charge is 2.24. The molecule has 0 aliphatic rings. The zero-order valence-electron chi connectivity index (χ0n) is 16.1. The molecule has 0 fully saturated rings. The van der Waals surface area contributed by atoms with Crippen molar-refractivity contribution in [3.05, 3.63) is 89.5 Å². The Morgan fingerprint density at radius 2 is 1.87 bits per heavy atom. The smallest absolute Gasteiger partial charge is 0.263 e. The molecular formula is C23H18F2N2O2S. The van der Waals surface area contributed by atoms with Crippen molar-refractivity contribution in [2.24, 2.45) is 0 Å². The van der Waals surface area contributed by atoms with Gasteiger partial charge < -0.3 is 4.74 Å². The summed E-state index contributed by atoms with van der Waals surface area (Å²) in [5.74, 6) is -1.51. The Hall–Kier alpha value is -3.32. The van der Waals surface area contributed by atoms with E-state index in [9.17, 15) is 13.6 Å². The number of fused-ring (bicyclic) bond motifs is 1. The van der Waals surface area contributed by atoms with Crippen LogP contribution in [-0.4, -0.2) is 17.5 Å². The average Bonchev–Trinajstić information content (AvgIpc) is 3.15. The standard InChI is InChI=1S/C23H18F2N2O2S/c1-2-29-17-9-11-20-21(13-17)30-23(26-20)27(14-15-6-4-3-5-7-15)22(28)18-10-8-16(24)12-19(18)25/h3-13H,2,14H2,1H3. The number of carbonyl (C=O) groups excluding carboxylic acids is 1. The van der Waals surface area contributed by atoms with Crippen molar-refractivity contribution in [1.82, 2.24) is 4.98 Å². The lowest BCUT2D eigenvalue weighted by atomic mass is 10.1. The zero-order valence-corrected chi connectivity index (χ0v) is 17.0. The van der Waals surface area contributed by atoms with Gasteiger partial charge in [0, 0.05) is 6.07 Å². The SMILES string of the molecule is CCOc1ccc2nc(N(Cc3ccccc3)C(=O)c3ccc(F)cc3F)sc2c1. The molecule has 1 aromatic heterocycles. The highest BCUT2D eigenvalue weighted by atomic mass is 32.1. The molecule has 7 heteroatoms. The first-order valence-corrected chi connectivity index (χ1v) is 10.2. The molecule has 0 bridgehead atoms. The van der Waals surface area contributed by atoms with Crippen LogP contribution in [0, 0.1) is 11.6 Å². The highest BCUT2D eigenvalue weighted by Crippen LogP contribution is 2.33. The van der Waals surface area contributed by atoms with E-state index in [1.807, 2.05) is 55.5 Å². The van der Waals surface area contributed by atoms with Crippen LogP contribution in [0.25, 0.3) is 10.2 Å². The molecule has 0 N–H and O–H groups in total. The fourth-order valence-electron chi connectivity index (χ4n) is 3.07. The van der Waals surface area contributed by atoms with E-state index >= 15 is 0 Å². The minimum Gasteiger partial charge on any atom is -0.494 e. The number of benzene rings is 3. The summed E-state index contributed by atoms with van der Waals surface area (Å²) in [7, 11) is 0. The van der Waals surface area contributed by atoms with E-state index in [1.54, 1.807) is 0 Å².